The van der Waals surface area contributed by atoms with Crippen molar-refractivity contribution in [1.82, 2.24) is 10.2 Å². The van der Waals surface area contributed by atoms with E-state index in [-0.39, 0.29) is 38.5 Å². The van der Waals surface area contributed by atoms with E-state index in [4.69, 9.17) is 14.2 Å². The highest BCUT2D eigenvalue weighted by molar-refractivity contribution is 5.97. The summed E-state index contributed by atoms with van der Waals surface area (Å²) >= 11 is 0. The van der Waals surface area contributed by atoms with E-state index < -0.39 is 42.1 Å². The number of rotatable bonds is 12. The molecule has 3 aromatic rings. The van der Waals surface area contributed by atoms with Gasteiger partial charge in [0, 0.05) is 32.0 Å². The Kier molecular flexibility index (Phi) is 11.0. The molecule has 1 fully saturated rings. The van der Waals surface area contributed by atoms with Crippen molar-refractivity contribution in [2.45, 2.75) is 43.6 Å². The maximum Gasteiger partial charge on any atom is 0.339 e. The number of amides is 2. The number of hydrogen-bond donors (Lipinski definition) is 3. The number of benzene rings is 3. The van der Waals surface area contributed by atoms with Gasteiger partial charge in [-0.15, -0.1) is 0 Å². The predicted octanol–water partition coefficient (Wildman–Crippen LogP) is 3.42. The maximum atomic E-state index is 13.9. The van der Waals surface area contributed by atoms with Crippen LogP contribution in [-0.4, -0.2) is 84.2 Å². The number of hydrogen-bond acceptors (Lipinski definition) is 8. The van der Waals surface area contributed by atoms with Crippen LogP contribution in [0.15, 0.2) is 96.6 Å². The molecule has 3 aromatic carbocycles. The Morgan fingerprint density at radius 2 is 1.76 bits per heavy atom. The predicted molar refractivity (Wildman–Crippen MR) is 171 cm³/mol. The van der Waals surface area contributed by atoms with Crippen molar-refractivity contribution in [1.29, 1.82) is 0 Å². The molecule has 2 aliphatic rings. The molecule has 46 heavy (non-hydrogen) atoms. The lowest BCUT2D eigenvalue weighted by Crippen LogP contribution is -2.51. The second-order valence-corrected chi connectivity index (χ2v) is 11.2. The molecule has 3 N–H and O–H groups in total. The fourth-order valence-electron chi connectivity index (χ4n) is 5.65. The van der Waals surface area contributed by atoms with Crippen LogP contribution in [0.3, 0.4) is 0 Å². The van der Waals surface area contributed by atoms with Gasteiger partial charge in [-0.1, -0.05) is 78.9 Å². The number of fused-ring (bicyclic) bond motifs is 1. The largest absolute Gasteiger partial charge is 0.508 e. The van der Waals surface area contributed by atoms with Gasteiger partial charge in [-0.05, 0) is 41.3 Å². The van der Waals surface area contributed by atoms with Crippen molar-refractivity contribution in [2.24, 2.45) is 0 Å². The Labute approximate surface area is 267 Å². The zero-order valence-corrected chi connectivity index (χ0v) is 25.6. The smallest absolute Gasteiger partial charge is 0.339 e. The van der Waals surface area contributed by atoms with Gasteiger partial charge in [0.25, 0.3) is 0 Å². The summed E-state index contributed by atoms with van der Waals surface area (Å²) in [6, 6.07) is 22.6. The van der Waals surface area contributed by atoms with Crippen LogP contribution in [0.2, 0.25) is 0 Å². The molecule has 2 amide bonds. The highest BCUT2D eigenvalue weighted by Crippen LogP contribution is 2.32. The topological polar surface area (TPSA) is 135 Å². The molecule has 1 saturated heterocycles. The lowest BCUT2D eigenvalue weighted by Gasteiger charge is -2.33. The molecule has 0 spiro atoms. The van der Waals surface area contributed by atoms with Crippen LogP contribution in [-0.2, 0) is 36.6 Å². The van der Waals surface area contributed by atoms with Crippen LogP contribution < -0.4 is 5.32 Å². The number of nitrogens with zero attached hydrogens (tertiary/aromatic N) is 1. The van der Waals surface area contributed by atoms with E-state index in [2.05, 4.69) is 5.32 Å². The Morgan fingerprint density at radius 1 is 1.02 bits per heavy atom. The molecule has 0 saturated carbocycles. The number of aliphatic hydroxyl groups excluding tert-OH is 1. The summed E-state index contributed by atoms with van der Waals surface area (Å²) in [5.41, 5.74) is 2.96. The standard InChI is InChI=1S/C36H38N2O8/c1-38(29(34(41)37-18-19-39)20-24-10-3-2-4-11-24)35(42)27-21-31-33(45-23-44-31)32(22-27)46-36(43)28-16-7-5-12-25(28)14-9-15-26-13-6-8-17-30(26)40/h2-14,16-17,21,29,31-33,39-40H,15,18-20,22-23H2,1H3,(H,37,41)/t29-,31-,32-,33-/m1/s1. The number of likely N-dealkylation sites (N-methyl/N-ethyl adjacent to an activating group) is 1. The summed E-state index contributed by atoms with van der Waals surface area (Å²) in [5, 5.41) is 22.0. The van der Waals surface area contributed by atoms with Gasteiger partial charge in [-0.25, -0.2) is 4.79 Å². The Balaban J connectivity index is 1.31. The molecule has 240 valence electrons. The van der Waals surface area contributed by atoms with Crippen LogP contribution >= 0.6 is 0 Å². The lowest BCUT2D eigenvalue weighted by atomic mass is 9.90. The SMILES string of the molecule is CN(C(=O)C1=C[C@H]2OCO[C@H]2[C@H](OC(=O)c2ccccc2C=CCc2ccccc2O)C1)[C@H](Cc1ccccc1)C(=O)NCCO. The van der Waals surface area contributed by atoms with Crippen molar-refractivity contribution in [2.75, 3.05) is 27.0 Å². The van der Waals surface area contributed by atoms with Gasteiger partial charge >= 0.3 is 5.97 Å². The molecular weight excluding hydrogens is 588 g/mol. The first-order chi connectivity index (χ1) is 22.4. The average Bonchev–Trinajstić information content (AvgIpc) is 3.56. The number of esters is 1. The van der Waals surface area contributed by atoms with E-state index in [9.17, 15) is 24.6 Å². The van der Waals surface area contributed by atoms with Crippen LogP contribution in [0.25, 0.3) is 6.08 Å². The molecule has 10 heteroatoms. The van der Waals surface area contributed by atoms with Crippen molar-refractivity contribution < 1.29 is 38.8 Å². The van der Waals surface area contributed by atoms with Crippen molar-refractivity contribution in [3.8, 4) is 5.75 Å². The minimum absolute atomic E-state index is 0.0109. The number of para-hydroxylation sites is 1. The summed E-state index contributed by atoms with van der Waals surface area (Å²) < 4.78 is 17.5. The van der Waals surface area contributed by atoms with Crippen LogP contribution in [0.4, 0.5) is 0 Å². The molecular formula is C36H38N2O8. The second-order valence-electron chi connectivity index (χ2n) is 11.2. The van der Waals surface area contributed by atoms with Crippen LogP contribution in [0.1, 0.15) is 33.5 Å². The lowest BCUT2D eigenvalue weighted by molar-refractivity contribution is -0.137. The van der Waals surface area contributed by atoms with E-state index in [1.807, 2.05) is 54.6 Å². The third kappa shape index (κ3) is 7.89. The number of aromatic hydroxyl groups is 1. The maximum absolute atomic E-state index is 13.9. The van der Waals surface area contributed by atoms with Gasteiger partial charge in [0.2, 0.25) is 11.8 Å². The quantitative estimate of drug-likeness (QED) is 0.261. The number of aliphatic hydroxyl groups is 1. The monoisotopic (exact) mass is 626 g/mol. The molecule has 1 aliphatic carbocycles. The molecule has 5 rings (SSSR count). The number of phenolic OH excluding ortho intramolecular Hbond substituents is 1. The molecule has 0 radical (unpaired) electrons. The minimum Gasteiger partial charge on any atom is -0.508 e. The van der Waals surface area contributed by atoms with Crippen molar-refractivity contribution in [3.63, 3.8) is 0 Å². The fourth-order valence-corrected chi connectivity index (χ4v) is 5.65. The van der Waals surface area contributed by atoms with Gasteiger partial charge < -0.3 is 34.6 Å². The summed E-state index contributed by atoms with van der Waals surface area (Å²) in [7, 11) is 1.56. The summed E-state index contributed by atoms with van der Waals surface area (Å²) in [4.78, 5) is 41.9. The molecule has 10 nitrogen and oxygen atoms in total. The third-order valence-corrected chi connectivity index (χ3v) is 8.11. The van der Waals surface area contributed by atoms with Gasteiger partial charge in [0.05, 0.1) is 12.2 Å². The molecule has 4 atom stereocenters. The van der Waals surface area contributed by atoms with Gasteiger partial charge in [-0.2, -0.15) is 0 Å². The number of ether oxygens (including phenoxy) is 3. The average molecular weight is 627 g/mol. The summed E-state index contributed by atoms with van der Waals surface area (Å²) in [6.07, 6.45) is 4.15. The molecule has 0 unspecified atom stereocenters. The summed E-state index contributed by atoms with van der Waals surface area (Å²) in [6.45, 7) is -0.175. The zero-order chi connectivity index (χ0) is 32.5. The van der Waals surface area contributed by atoms with Crippen molar-refractivity contribution in [3.05, 3.63) is 119 Å². The molecule has 0 aromatic heterocycles. The molecule has 1 heterocycles. The Hall–Kier alpha value is -4.77. The first-order valence-electron chi connectivity index (χ1n) is 15.2. The minimum atomic E-state index is -0.849. The van der Waals surface area contributed by atoms with E-state index in [1.165, 1.54) is 4.90 Å². The number of carbonyl (C=O) groups is 3. The first kappa shape index (κ1) is 32.6. The van der Waals surface area contributed by atoms with Gasteiger partial charge in [0.1, 0.15) is 36.9 Å². The zero-order valence-electron chi connectivity index (χ0n) is 25.6. The van der Waals surface area contributed by atoms with E-state index in [0.717, 1.165) is 11.1 Å². The normalized spacial score (nSPS) is 19.6. The van der Waals surface area contributed by atoms with E-state index >= 15 is 0 Å². The van der Waals surface area contributed by atoms with Gasteiger partial charge in [-0.3, -0.25) is 9.59 Å². The van der Waals surface area contributed by atoms with E-state index in [0.29, 0.717) is 23.1 Å². The van der Waals surface area contributed by atoms with Crippen LogP contribution in [0, 0.1) is 0 Å². The number of carbonyl (C=O) groups excluding carboxylic acids is 3. The van der Waals surface area contributed by atoms with Crippen LogP contribution in [0.5, 0.6) is 5.75 Å². The highest BCUT2D eigenvalue weighted by atomic mass is 16.7. The number of nitrogens with one attached hydrogen (secondary N) is 1. The number of allylic oxidation sites excluding steroid dienone is 1. The highest BCUT2D eigenvalue weighted by Gasteiger charge is 2.43. The third-order valence-electron chi connectivity index (χ3n) is 8.11. The first-order valence-corrected chi connectivity index (χ1v) is 15.2. The van der Waals surface area contributed by atoms with Gasteiger partial charge in [0.15, 0.2) is 0 Å². The Morgan fingerprint density at radius 3 is 2.54 bits per heavy atom. The molecule has 1 aliphatic heterocycles. The summed E-state index contributed by atoms with van der Waals surface area (Å²) in [5.74, 6) is -1.16. The Bertz CT molecular complexity index is 1590. The second kappa shape index (κ2) is 15.5. The molecule has 0 bridgehead atoms. The fraction of sp³-hybridized carbons (Fsp3) is 0.306. The number of phenols is 1. The van der Waals surface area contributed by atoms with Crippen molar-refractivity contribution >= 4 is 23.9 Å². The van der Waals surface area contributed by atoms with E-state index in [1.54, 1.807) is 49.5 Å².